The number of aromatic carboxylic acids is 1. The van der Waals surface area contributed by atoms with Gasteiger partial charge in [0.1, 0.15) is 12.4 Å². The molecule has 0 spiro atoms. The van der Waals surface area contributed by atoms with E-state index in [-0.39, 0.29) is 0 Å². The second kappa shape index (κ2) is 9.57. The first-order valence-corrected chi connectivity index (χ1v) is 9.69. The molecule has 0 aliphatic carbocycles. The first-order valence-electron chi connectivity index (χ1n) is 9.69. The van der Waals surface area contributed by atoms with E-state index >= 15 is 0 Å². The Bertz CT molecular complexity index is 769. The van der Waals surface area contributed by atoms with Gasteiger partial charge in [-0.3, -0.25) is 4.90 Å². The maximum atomic E-state index is 11.0. The van der Waals surface area contributed by atoms with E-state index in [1.165, 1.54) is 0 Å². The molecule has 0 aromatic heterocycles. The lowest BCUT2D eigenvalue weighted by atomic mass is 10.1. The largest absolute Gasteiger partial charge is 0.490 e. The second-order valence-corrected chi connectivity index (χ2v) is 7.38. The molecule has 0 saturated carbocycles. The van der Waals surface area contributed by atoms with Crippen LogP contribution in [0.2, 0.25) is 0 Å². The van der Waals surface area contributed by atoms with Crippen molar-refractivity contribution < 1.29 is 14.6 Å². The number of hydrogen-bond donors (Lipinski definition) is 1. The number of nitrogens with zero attached hydrogens (tertiary/aromatic N) is 3. The third-order valence-corrected chi connectivity index (χ3v) is 4.98. The fourth-order valence-electron chi connectivity index (χ4n) is 3.34. The lowest BCUT2D eigenvalue weighted by Gasteiger charge is -2.36. The van der Waals surface area contributed by atoms with Crippen LogP contribution in [0, 0.1) is 0 Å². The lowest BCUT2D eigenvalue weighted by Crippen LogP contribution is -2.46. The van der Waals surface area contributed by atoms with Gasteiger partial charge in [0.2, 0.25) is 0 Å². The zero-order valence-electron chi connectivity index (χ0n) is 16.7. The lowest BCUT2D eigenvalue weighted by molar-refractivity contribution is 0.0697. The quantitative estimate of drug-likeness (QED) is 0.756. The Hall–Kier alpha value is -2.57. The van der Waals surface area contributed by atoms with Crippen molar-refractivity contribution in [3.05, 3.63) is 59.7 Å². The van der Waals surface area contributed by atoms with Crippen molar-refractivity contribution in [3.63, 3.8) is 0 Å². The summed E-state index contributed by atoms with van der Waals surface area (Å²) in [5.41, 5.74) is 2.64. The van der Waals surface area contributed by atoms with Crippen LogP contribution in [-0.4, -0.2) is 74.3 Å². The van der Waals surface area contributed by atoms with Crippen molar-refractivity contribution in [1.29, 1.82) is 0 Å². The van der Waals surface area contributed by atoms with E-state index in [4.69, 9.17) is 9.84 Å². The van der Waals surface area contributed by atoms with Gasteiger partial charge in [-0.15, -0.1) is 0 Å². The van der Waals surface area contributed by atoms with Gasteiger partial charge in [0.25, 0.3) is 0 Å². The summed E-state index contributed by atoms with van der Waals surface area (Å²) in [7, 11) is 4.09. The molecule has 0 radical (unpaired) electrons. The summed E-state index contributed by atoms with van der Waals surface area (Å²) in [4.78, 5) is 17.9. The van der Waals surface area contributed by atoms with Gasteiger partial charge in [-0.2, -0.15) is 0 Å². The highest BCUT2D eigenvalue weighted by Crippen LogP contribution is 2.29. The molecule has 1 N–H and O–H groups in total. The number of benzene rings is 2. The van der Waals surface area contributed by atoms with E-state index < -0.39 is 5.97 Å². The second-order valence-electron chi connectivity index (χ2n) is 7.38. The number of piperazine rings is 1. The molecular formula is C22H29N3O3. The molecule has 1 aliphatic rings. The Balaban J connectivity index is 1.54. The number of rotatable bonds is 8. The normalized spacial score (nSPS) is 15.0. The molecule has 0 atom stereocenters. The highest BCUT2D eigenvalue weighted by atomic mass is 16.5. The summed E-state index contributed by atoms with van der Waals surface area (Å²) < 4.78 is 6.01. The van der Waals surface area contributed by atoms with Crippen LogP contribution in [0.15, 0.2) is 48.5 Å². The molecule has 0 unspecified atom stereocenters. The Kier molecular flexibility index (Phi) is 6.90. The molecule has 28 heavy (non-hydrogen) atoms. The molecule has 6 nitrogen and oxygen atoms in total. The molecule has 1 heterocycles. The maximum Gasteiger partial charge on any atom is 0.335 e. The molecule has 0 bridgehead atoms. The van der Waals surface area contributed by atoms with Crippen molar-refractivity contribution in [3.8, 4) is 5.75 Å². The summed E-state index contributed by atoms with van der Waals surface area (Å²) in [5, 5.41) is 9.01. The monoisotopic (exact) mass is 383 g/mol. The van der Waals surface area contributed by atoms with Gasteiger partial charge in [-0.1, -0.05) is 24.3 Å². The van der Waals surface area contributed by atoms with Crippen LogP contribution >= 0.6 is 0 Å². The third-order valence-electron chi connectivity index (χ3n) is 4.98. The van der Waals surface area contributed by atoms with Gasteiger partial charge in [0.15, 0.2) is 0 Å². The fourth-order valence-corrected chi connectivity index (χ4v) is 3.34. The summed E-state index contributed by atoms with van der Waals surface area (Å²) in [6, 6.07) is 15.4. The molecule has 1 aliphatic heterocycles. The van der Waals surface area contributed by atoms with Gasteiger partial charge >= 0.3 is 5.97 Å². The van der Waals surface area contributed by atoms with Crippen LogP contribution in [-0.2, 0) is 6.54 Å². The highest BCUT2D eigenvalue weighted by molar-refractivity contribution is 5.87. The van der Waals surface area contributed by atoms with Crippen molar-refractivity contribution in [2.45, 2.75) is 6.54 Å². The minimum absolute atomic E-state index is 0.333. The molecule has 3 rings (SSSR count). The number of anilines is 1. The standard InChI is InChI=1S/C22H29N3O3/c1-23(2)15-16-28-21-6-4-3-5-20(21)25-13-11-24(12-14-25)17-18-7-9-19(10-8-18)22(26)27/h3-10H,11-17H2,1-2H3,(H,26,27). The molecule has 1 fully saturated rings. The number of carboxylic acids is 1. The highest BCUT2D eigenvalue weighted by Gasteiger charge is 2.20. The summed E-state index contributed by atoms with van der Waals surface area (Å²) >= 11 is 0. The number of carbonyl (C=O) groups is 1. The number of hydrogen-bond acceptors (Lipinski definition) is 5. The molecule has 2 aromatic rings. The average molecular weight is 383 g/mol. The van der Waals surface area contributed by atoms with Crippen LogP contribution in [0.25, 0.3) is 0 Å². The van der Waals surface area contributed by atoms with E-state index in [1.54, 1.807) is 12.1 Å². The number of carboxylic acid groups (broad SMARTS) is 1. The van der Waals surface area contributed by atoms with E-state index in [0.717, 1.165) is 56.3 Å². The number of para-hydroxylation sites is 2. The van der Waals surface area contributed by atoms with Gasteiger partial charge in [0, 0.05) is 39.3 Å². The SMILES string of the molecule is CN(C)CCOc1ccccc1N1CCN(Cc2ccc(C(=O)O)cc2)CC1. The van der Waals surface area contributed by atoms with Crippen LogP contribution in [0.5, 0.6) is 5.75 Å². The average Bonchev–Trinajstić information content (AvgIpc) is 2.69. The minimum Gasteiger partial charge on any atom is -0.490 e. The predicted molar refractivity (Wildman–Crippen MR) is 111 cm³/mol. The number of likely N-dealkylation sites (N-methyl/N-ethyl adjacent to an activating group) is 1. The van der Waals surface area contributed by atoms with Gasteiger partial charge in [-0.05, 0) is 43.9 Å². The van der Waals surface area contributed by atoms with Crippen LogP contribution in [0.4, 0.5) is 5.69 Å². The fraction of sp³-hybridized carbons (Fsp3) is 0.409. The molecular weight excluding hydrogens is 354 g/mol. The van der Waals surface area contributed by atoms with Crippen LogP contribution < -0.4 is 9.64 Å². The van der Waals surface area contributed by atoms with Gasteiger partial charge in [-0.25, -0.2) is 4.79 Å². The molecule has 2 aromatic carbocycles. The molecule has 150 valence electrons. The summed E-state index contributed by atoms with van der Waals surface area (Å²) in [6.45, 7) is 6.23. The predicted octanol–water partition coefficient (Wildman–Crippen LogP) is 2.65. The summed E-state index contributed by atoms with van der Waals surface area (Å²) in [5.74, 6) is 0.0636. The Morgan fingerprint density at radius 2 is 1.71 bits per heavy atom. The van der Waals surface area contributed by atoms with E-state index in [1.807, 2.05) is 38.4 Å². The van der Waals surface area contributed by atoms with Crippen molar-refractivity contribution in [1.82, 2.24) is 9.80 Å². The smallest absolute Gasteiger partial charge is 0.335 e. The third kappa shape index (κ3) is 5.47. The van der Waals surface area contributed by atoms with Gasteiger partial charge in [0.05, 0.1) is 11.3 Å². The van der Waals surface area contributed by atoms with Crippen molar-refractivity contribution >= 4 is 11.7 Å². The van der Waals surface area contributed by atoms with E-state index in [2.05, 4.69) is 26.8 Å². The first kappa shape index (κ1) is 20.2. The molecule has 6 heteroatoms. The summed E-state index contributed by atoms with van der Waals surface area (Å²) in [6.07, 6.45) is 0. The maximum absolute atomic E-state index is 11.0. The van der Waals surface area contributed by atoms with Crippen LogP contribution in [0.3, 0.4) is 0 Å². The first-order chi connectivity index (χ1) is 13.5. The van der Waals surface area contributed by atoms with E-state index in [0.29, 0.717) is 12.2 Å². The zero-order chi connectivity index (χ0) is 19.9. The van der Waals surface area contributed by atoms with Crippen molar-refractivity contribution in [2.24, 2.45) is 0 Å². The Morgan fingerprint density at radius 1 is 1.04 bits per heavy atom. The minimum atomic E-state index is -0.883. The Labute approximate surface area is 166 Å². The van der Waals surface area contributed by atoms with Crippen molar-refractivity contribution in [2.75, 3.05) is 58.3 Å². The molecule has 1 saturated heterocycles. The zero-order valence-corrected chi connectivity index (χ0v) is 16.7. The van der Waals surface area contributed by atoms with Crippen LogP contribution in [0.1, 0.15) is 15.9 Å². The topological polar surface area (TPSA) is 56.2 Å². The number of ether oxygens (including phenoxy) is 1. The van der Waals surface area contributed by atoms with Gasteiger partial charge < -0.3 is 19.6 Å². The Morgan fingerprint density at radius 3 is 2.36 bits per heavy atom. The molecule has 0 amide bonds. The van der Waals surface area contributed by atoms with E-state index in [9.17, 15) is 4.79 Å².